The van der Waals surface area contributed by atoms with Crippen molar-refractivity contribution in [1.29, 1.82) is 0 Å². The van der Waals surface area contributed by atoms with Crippen molar-refractivity contribution in [1.82, 2.24) is 0 Å². The van der Waals surface area contributed by atoms with Gasteiger partial charge in [-0.25, -0.2) is 14.6 Å². The first-order valence-corrected chi connectivity index (χ1v) is 12.2. The Hall–Kier alpha value is -3.81. The molecule has 0 aliphatic carbocycles. The van der Waals surface area contributed by atoms with Gasteiger partial charge in [-0.1, -0.05) is 42.6 Å². The quantitative estimate of drug-likeness (QED) is 0.129. The average molecular weight is 540 g/mol. The third-order valence-corrected chi connectivity index (χ3v) is 5.88. The van der Waals surface area contributed by atoms with Crippen molar-refractivity contribution in [3.63, 3.8) is 0 Å². The van der Waals surface area contributed by atoms with Crippen molar-refractivity contribution < 1.29 is 28.5 Å². The molecule has 0 bridgehead atoms. The Bertz CT molecular complexity index is 1380. The van der Waals surface area contributed by atoms with Crippen LogP contribution in [0.15, 0.2) is 71.4 Å². The lowest BCUT2D eigenvalue weighted by atomic mass is 10.1. The highest BCUT2D eigenvalue weighted by atomic mass is 35.5. The molecular weight excluding hydrogens is 517 g/mol. The second-order valence-corrected chi connectivity index (χ2v) is 8.83. The lowest BCUT2D eigenvalue weighted by Crippen LogP contribution is -2.10. The van der Waals surface area contributed by atoms with Crippen molar-refractivity contribution in [3.8, 4) is 17.2 Å². The van der Waals surface area contributed by atoms with Gasteiger partial charge in [-0.05, 0) is 72.7 Å². The molecule has 0 fully saturated rings. The minimum absolute atomic E-state index is 0.123. The molecule has 0 saturated heterocycles. The SMILES string of the molecule is CCCCOc1ccc(C2=N/C(=C\c3ccc(OC(=O)c4ccc(Cl)cc4Cl)c(OC)c3)C(=O)O2)cc1. The lowest BCUT2D eigenvalue weighted by Gasteiger charge is -2.11. The van der Waals surface area contributed by atoms with Gasteiger partial charge >= 0.3 is 11.9 Å². The van der Waals surface area contributed by atoms with Gasteiger partial charge in [0.05, 0.1) is 24.3 Å². The predicted molar refractivity (Wildman–Crippen MR) is 142 cm³/mol. The molecule has 4 rings (SSSR count). The van der Waals surface area contributed by atoms with Gasteiger partial charge in [-0.2, -0.15) is 0 Å². The summed E-state index contributed by atoms with van der Waals surface area (Å²) >= 11 is 12.0. The molecule has 0 N–H and O–H groups in total. The third-order valence-electron chi connectivity index (χ3n) is 5.33. The lowest BCUT2D eigenvalue weighted by molar-refractivity contribution is -0.129. The third kappa shape index (κ3) is 6.50. The highest BCUT2D eigenvalue weighted by Crippen LogP contribution is 2.31. The molecule has 0 atom stereocenters. The van der Waals surface area contributed by atoms with Crippen molar-refractivity contribution in [2.24, 2.45) is 4.99 Å². The topological polar surface area (TPSA) is 83.4 Å². The Morgan fingerprint density at radius 3 is 2.51 bits per heavy atom. The van der Waals surface area contributed by atoms with Gasteiger partial charge in [0.2, 0.25) is 5.90 Å². The summed E-state index contributed by atoms with van der Waals surface area (Å²) in [6.45, 7) is 2.75. The predicted octanol–water partition coefficient (Wildman–Crippen LogP) is 6.74. The minimum Gasteiger partial charge on any atom is -0.494 e. The summed E-state index contributed by atoms with van der Waals surface area (Å²) in [6, 6.07) is 16.5. The first-order chi connectivity index (χ1) is 17.9. The zero-order valence-electron chi connectivity index (χ0n) is 20.1. The smallest absolute Gasteiger partial charge is 0.363 e. The molecule has 7 nitrogen and oxygen atoms in total. The summed E-state index contributed by atoms with van der Waals surface area (Å²) in [6.07, 6.45) is 3.59. The molecule has 1 aliphatic heterocycles. The van der Waals surface area contributed by atoms with Crippen LogP contribution in [0.4, 0.5) is 0 Å². The molecule has 3 aromatic carbocycles. The molecule has 0 radical (unpaired) electrons. The van der Waals surface area contributed by atoms with Crippen LogP contribution in [0.3, 0.4) is 0 Å². The molecule has 0 unspecified atom stereocenters. The van der Waals surface area contributed by atoms with Crippen LogP contribution in [-0.2, 0) is 9.53 Å². The van der Waals surface area contributed by atoms with Crippen molar-refractivity contribution >= 4 is 47.1 Å². The summed E-state index contributed by atoms with van der Waals surface area (Å²) in [5.74, 6) is 0.159. The van der Waals surface area contributed by atoms with Crippen LogP contribution in [0.2, 0.25) is 10.0 Å². The van der Waals surface area contributed by atoms with E-state index >= 15 is 0 Å². The molecule has 190 valence electrons. The van der Waals surface area contributed by atoms with E-state index in [1.165, 1.54) is 19.2 Å². The van der Waals surface area contributed by atoms with Crippen molar-refractivity contribution in [3.05, 3.63) is 93.1 Å². The minimum atomic E-state index is -0.665. The van der Waals surface area contributed by atoms with Crippen LogP contribution in [0.5, 0.6) is 17.2 Å². The van der Waals surface area contributed by atoms with E-state index in [4.69, 9.17) is 42.1 Å². The largest absolute Gasteiger partial charge is 0.494 e. The van der Waals surface area contributed by atoms with E-state index in [2.05, 4.69) is 11.9 Å². The van der Waals surface area contributed by atoms with E-state index in [1.807, 2.05) is 12.1 Å². The second-order valence-electron chi connectivity index (χ2n) is 7.99. The Labute approximate surface area is 224 Å². The second kappa shape index (κ2) is 12.0. The Morgan fingerprint density at radius 1 is 1.03 bits per heavy atom. The summed E-state index contributed by atoms with van der Waals surface area (Å²) in [5, 5.41) is 0.575. The number of aliphatic imine (C=N–C) groups is 1. The molecular formula is C28H23Cl2NO6. The van der Waals surface area contributed by atoms with Crippen LogP contribution in [-0.4, -0.2) is 31.6 Å². The summed E-state index contributed by atoms with van der Waals surface area (Å²) in [7, 11) is 1.44. The van der Waals surface area contributed by atoms with Crippen LogP contribution in [0.25, 0.3) is 6.08 Å². The fraction of sp³-hybridized carbons (Fsp3) is 0.179. The molecule has 1 aliphatic rings. The van der Waals surface area contributed by atoms with E-state index < -0.39 is 11.9 Å². The first kappa shape index (κ1) is 26.3. The number of carbonyl (C=O) groups is 2. The summed E-state index contributed by atoms with van der Waals surface area (Å²) in [4.78, 5) is 29.3. The normalized spacial score (nSPS) is 13.8. The van der Waals surface area contributed by atoms with Gasteiger partial charge in [0.1, 0.15) is 5.75 Å². The number of methoxy groups -OCH3 is 1. The van der Waals surface area contributed by atoms with Crippen LogP contribution < -0.4 is 14.2 Å². The number of ether oxygens (including phenoxy) is 4. The number of halogens is 2. The number of esters is 2. The number of unbranched alkanes of at least 4 members (excludes halogenated alkanes) is 1. The maximum absolute atomic E-state index is 12.6. The zero-order valence-corrected chi connectivity index (χ0v) is 21.6. The van der Waals surface area contributed by atoms with Gasteiger partial charge in [0.15, 0.2) is 17.2 Å². The molecule has 1 heterocycles. The highest BCUT2D eigenvalue weighted by molar-refractivity contribution is 6.36. The molecule has 0 aromatic heterocycles. The number of carbonyl (C=O) groups excluding carboxylic acids is 2. The van der Waals surface area contributed by atoms with Crippen LogP contribution in [0.1, 0.15) is 41.3 Å². The number of hydrogen-bond acceptors (Lipinski definition) is 7. The van der Waals surface area contributed by atoms with Crippen molar-refractivity contribution in [2.75, 3.05) is 13.7 Å². The standard InChI is InChI=1S/C28H23Cl2NO6/c1-3-4-13-35-20-9-6-18(7-10-20)26-31-23(28(33)37-26)14-17-5-12-24(25(15-17)34-2)36-27(32)21-11-8-19(29)16-22(21)30/h5-12,14-16H,3-4,13H2,1-2H3/b23-14-. The fourth-order valence-corrected chi connectivity index (χ4v) is 3.87. The first-order valence-electron chi connectivity index (χ1n) is 11.5. The highest BCUT2D eigenvalue weighted by Gasteiger charge is 2.24. The summed E-state index contributed by atoms with van der Waals surface area (Å²) in [5.41, 5.74) is 1.53. The number of cyclic esters (lactones) is 1. The van der Waals surface area contributed by atoms with Gasteiger partial charge in [0.25, 0.3) is 0 Å². The molecule has 9 heteroatoms. The van der Waals surface area contributed by atoms with E-state index in [-0.39, 0.29) is 33.7 Å². The van der Waals surface area contributed by atoms with Crippen molar-refractivity contribution in [2.45, 2.75) is 19.8 Å². The summed E-state index contributed by atoms with van der Waals surface area (Å²) < 4.78 is 21.9. The van der Waals surface area contributed by atoms with E-state index in [0.29, 0.717) is 22.8 Å². The molecule has 37 heavy (non-hydrogen) atoms. The van der Waals surface area contributed by atoms with E-state index in [1.54, 1.807) is 42.5 Å². The number of benzene rings is 3. The van der Waals surface area contributed by atoms with E-state index in [0.717, 1.165) is 18.6 Å². The maximum atomic E-state index is 12.6. The Balaban J connectivity index is 1.50. The van der Waals surface area contributed by atoms with Gasteiger partial charge in [-0.3, -0.25) is 0 Å². The number of rotatable bonds is 9. The van der Waals surface area contributed by atoms with E-state index in [9.17, 15) is 9.59 Å². The van der Waals surface area contributed by atoms with Gasteiger partial charge in [0, 0.05) is 10.6 Å². The Morgan fingerprint density at radius 2 is 1.81 bits per heavy atom. The van der Waals surface area contributed by atoms with Gasteiger partial charge < -0.3 is 18.9 Å². The Kier molecular flexibility index (Phi) is 8.48. The van der Waals surface area contributed by atoms with Gasteiger partial charge in [-0.15, -0.1) is 0 Å². The maximum Gasteiger partial charge on any atom is 0.363 e. The average Bonchev–Trinajstić information content (AvgIpc) is 3.25. The van der Waals surface area contributed by atoms with Crippen LogP contribution in [0, 0.1) is 0 Å². The fourth-order valence-electron chi connectivity index (χ4n) is 3.39. The molecule has 3 aromatic rings. The monoisotopic (exact) mass is 539 g/mol. The van der Waals surface area contributed by atoms with Crippen LogP contribution >= 0.6 is 23.2 Å². The zero-order chi connectivity index (χ0) is 26.4. The molecule has 0 saturated carbocycles. The number of hydrogen-bond donors (Lipinski definition) is 0. The molecule has 0 amide bonds. The number of nitrogens with zero attached hydrogens (tertiary/aromatic N) is 1. The molecule has 0 spiro atoms.